The Labute approximate surface area is 108 Å². The number of aliphatic hydroxyl groups excluding tert-OH is 1. The zero-order valence-corrected chi connectivity index (χ0v) is 11.3. The van der Waals surface area contributed by atoms with Crippen LogP contribution in [0, 0.1) is 0 Å². The van der Waals surface area contributed by atoms with E-state index in [1.54, 1.807) is 25.3 Å². The lowest BCUT2D eigenvalue weighted by atomic mass is 10.1. The molecule has 0 aromatic heterocycles. The van der Waals surface area contributed by atoms with E-state index in [-0.39, 0.29) is 0 Å². The summed E-state index contributed by atoms with van der Waals surface area (Å²) in [5.41, 5.74) is 0.718. The molecule has 1 aromatic carbocycles. The van der Waals surface area contributed by atoms with Crippen molar-refractivity contribution in [3.05, 3.63) is 28.8 Å². The third kappa shape index (κ3) is 4.19. The van der Waals surface area contributed by atoms with Crippen molar-refractivity contribution in [2.75, 3.05) is 13.7 Å². The van der Waals surface area contributed by atoms with Gasteiger partial charge in [0.05, 0.1) is 13.2 Å². The number of aliphatic hydroxyl groups is 1. The van der Waals surface area contributed by atoms with E-state index in [0.29, 0.717) is 23.4 Å². The van der Waals surface area contributed by atoms with Gasteiger partial charge in [0.2, 0.25) is 0 Å². The minimum Gasteiger partial charge on any atom is -0.496 e. The largest absolute Gasteiger partial charge is 0.496 e. The van der Waals surface area contributed by atoms with Gasteiger partial charge in [-0.15, -0.1) is 0 Å². The first-order chi connectivity index (χ1) is 8.08. The molecular formula is C13H20ClNO2. The van der Waals surface area contributed by atoms with E-state index < -0.39 is 6.10 Å². The molecule has 17 heavy (non-hydrogen) atoms. The fourth-order valence-electron chi connectivity index (χ4n) is 1.53. The monoisotopic (exact) mass is 257 g/mol. The van der Waals surface area contributed by atoms with E-state index in [1.807, 2.05) is 0 Å². The molecule has 0 spiro atoms. The van der Waals surface area contributed by atoms with Crippen LogP contribution < -0.4 is 10.1 Å². The van der Waals surface area contributed by atoms with Crippen molar-refractivity contribution in [2.45, 2.75) is 32.4 Å². The van der Waals surface area contributed by atoms with Crippen LogP contribution in [0.3, 0.4) is 0 Å². The Kier molecular flexibility index (Phi) is 5.75. The molecule has 0 bridgehead atoms. The zero-order chi connectivity index (χ0) is 12.8. The normalized spacial score (nSPS) is 14.4. The molecule has 96 valence electrons. The van der Waals surface area contributed by atoms with Crippen LogP contribution in [0.1, 0.15) is 31.9 Å². The molecule has 0 saturated heterocycles. The standard InChI is InChI=1S/C13H20ClNO2/c1-4-9(2)15-8-12(16)11-7-10(14)5-6-13(11)17-3/h5-7,9,12,15-16H,4,8H2,1-3H3. The Morgan fingerprint density at radius 1 is 1.47 bits per heavy atom. The van der Waals surface area contributed by atoms with Gasteiger partial charge >= 0.3 is 0 Å². The van der Waals surface area contributed by atoms with Gasteiger partial charge in [0, 0.05) is 23.2 Å². The van der Waals surface area contributed by atoms with E-state index >= 15 is 0 Å². The summed E-state index contributed by atoms with van der Waals surface area (Å²) in [5.74, 6) is 0.660. The maximum Gasteiger partial charge on any atom is 0.124 e. The lowest BCUT2D eigenvalue weighted by molar-refractivity contribution is 0.166. The van der Waals surface area contributed by atoms with Crippen molar-refractivity contribution in [3.63, 3.8) is 0 Å². The highest BCUT2D eigenvalue weighted by atomic mass is 35.5. The number of hydrogen-bond donors (Lipinski definition) is 2. The Morgan fingerprint density at radius 3 is 2.76 bits per heavy atom. The van der Waals surface area contributed by atoms with Crippen molar-refractivity contribution >= 4 is 11.6 Å². The van der Waals surface area contributed by atoms with E-state index in [1.165, 1.54) is 0 Å². The molecule has 2 unspecified atom stereocenters. The summed E-state index contributed by atoms with van der Waals surface area (Å²) in [4.78, 5) is 0. The smallest absolute Gasteiger partial charge is 0.124 e. The summed E-state index contributed by atoms with van der Waals surface area (Å²) >= 11 is 5.92. The molecule has 0 aliphatic carbocycles. The fourth-order valence-corrected chi connectivity index (χ4v) is 1.71. The second-order valence-corrected chi connectivity index (χ2v) is 4.56. The number of rotatable bonds is 6. The molecule has 2 N–H and O–H groups in total. The number of nitrogens with one attached hydrogen (secondary N) is 1. The van der Waals surface area contributed by atoms with Gasteiger partial charge < -0.3 is 15.2 Å². The summed E-state index contributed by atoms with van der Waals surface area (Å²) in [6, 6.07) is 5.64. The van der Waals surface area contributed by atoms with E-state index in [0.717, 1.165) is 12.0 Å². The highest BCUT2D eigenvalue weighted by Gasteiger charge is 2.14. The van der Waals surface area contributed by atoms with Crippen molar-refractivity contribution < 1.29 is 9.84 Å². The second kappa shape index (κ2) is 6.84. The third-order valence-corrected chi connectivity index (χ3v) is 3.06. The maximum absolute atomic E-state index is 10.1. The number of methoxy groups -OCH3 is 1. The minimum atomic E-state index is -0.613. The quantitative estimate of drug-likeness (QED) is 0.824. The van der Waals surface area contributed by atoms with E-state index in [4.69, 9.17) is 16.3 Å². The van der Waals surface area contributed by atoms with Crippen LogP contribution in [0.15, 0.2) is 18.2 Å². The molecular weight excluding hydrogens is 238 g/mol. The van der Waals surface area contributed by atoms with Gasteiger partial charge in [-0.2, -0.15) is 0 Å². The molecule has 1 aromatic rings. The first-order valence-corrected chi connectivity index (χ1v) is 6.21. The average molecular weight is 258 g/mol. The van der Waals surface area contributed by atoms with Crippen LogP contribution in [-0.4, -0.2) is 24.8 Å². The van der Waals surface area contributed by atoms with Crippen molar-refractivity contribution in [1.82, 2.24) is 5.32 Å². The number of ether oxygens (including phenoxy) is 1. The van der Waals surface area contributed by atoms with Gasteiger partial charge in [-0.25, -0.2) is 0 Å². The van der Waals surface area contributed by atoms with Crippen LogP contribution in [0.5, 0.6) is 5.75 Å². The lowest BCUT2D eigenvalue weighted by Crippen LogP contribution is -2.29. The molecule has 0 fully saturated rings. The van der Waals surface area contributed by atoms with Gasteiger partial charge in [0.1, 0.15) is 5.75 Å². The molecule has 0 aliphatic heterocycles. The van der Waals surface area contributed by atoms with Crippen molar-refractivity contribution in [1.29, 1.82) is 0 Å². The third-order valence-electron chi connectivity index (χ3n) is 2.82. The van der Waals surface area contributed by atoms with Gasteiger partial charge in [0.25, 0.3) is 0 Å². The molecule has 0 heterocycles. The van der Waals surface area contributed by atoms with Gasteiger partial charge in [-0.05, 0) is 31.5 Å². The highest BCUT2D eigenvalue weighted by molar-refractivity contribution is 6.30. The summed E-state index contributed by atoms with van der Waals surface area (Å²) in [7, 11) is 1.58. The molecule has 0 aliphatic rings. The molecule has 2 atom stereocenters. The summed E-state index contributed by atoms with van der Waals surface area (Å²) in [6.07, 6.45) is 0.414. The van der Waals surface area contributed by atoms with Gasteiger partial charge in [-0.3, -0.25) is 0 Å². The van der Waals surface area contributed by atoms with Crippen LogP contribution in [0.25, 0.3) is 0 Å². The molecule has 4 heteroatoms. The maximum atomic E-state index is 10.1. The predicted octanol–water partition coefficient (Wildman–Crippen LogP) is 2.77. The molecule has 1 rings (SSSR count). The van der Waals surface area contributed by atoms with Crippen molar-refractivity contribution in [3.8, 4) is 5.75 Å². The fraction of sp³-hybridized carbons (Fsp3) is 0.538. The Balaban J connectivity index is 2.73. The summed E-state index contributed by atoms with van der Waals surface area (Å²) in [5, 5.41) is 14.0. The topological polar surface area (TPSA) is 41.5 Å². The summed E-state index contributed by atoms with van der Waals surface area (Å²) in [6.45, 7) is 4.68. The SMILES string of the molecule is CCC(C)NCC(O)c1cc(Cl)ccc1OC. The van der Waals surface area contributed by atoms with E-state index in [9.17, 15) is 5.11 Å². The lowest BCUT2D eigenvalue weighted by Gasteiger charge is -2.18. The van der Waals surface area contributed by atoms with Crippen molar-refractivity contribution in [2.24, 2.45) is 0 Å². The van der Waals surface area contributed by atoms with Gasteiger partial charge in [-0.1, -0.05) is 18.5 Å². The highest BCUT2D eigenvalue weighted by Crippen LogP contribution is 2.27. The predicted molar refractivity (Wildman–Crippen MR) is 70.7 cm³/mol. The zero-order valence-electron chi connectivity index (χ0n) is 10.5. The number of hydrogen-bond acceptors (Lipinski definition) is 3. The molecule has 3 nitrogen and oxygen atoms in total. The second-order valence-electron chi connectivity index (χ2n) is 4.12. The first kappa shape index (κ1) is 14.3. The molecule has 0 saturated carbocycles. The minimum absolute atomic E-state index is 0.384. The van der Waals surface area contributed by atoms with E-state index in [2.05, 4.69) is 19.2 Å². The number of halogens is 1. The Bertz CT molecular complexity index is 357. The first-order valence-electron chi connectivity index (χ1n) is 5.83. The Morgan fingerprint density at radius 2 is 2.18 bits per heavy atom. The average Bonchev–Trinajstić information content (AvgIpc) is 2.35. The van der Waals surface area contributed by atoms with Crippen LogP contribution in [-0.2, 0) is 0 Å². The summed E-state index contributed by atoms with van der Waals surface area (Å²) < 4.78 is 5.21. The Hall–Kier alpha value is -0.770. The molecule has 0 amide bonds. The molecule has 0 radical (unpaired) electrons. The van der Waals surface area contributed by atoms with Crippen LogP contribution in [0.4, 0.5) is 0 Å². The van der Waals surface area contributed by atoms with Crippen LogP contribution >= 0.6 is 11.6 Å². The van der Waals surface area contributed by atoms with Gasteiger partial charge in [0.15, 0.2) is 0 Å². The number of benzene rings is 1. The van der Waals surface area contributed by atoms with Crippen LogP contribution in [0.2, 0.25) is 5.02 Å².